The molecule has 0 amide bonds. The zero-order valence-corrected chi connectivity index (χ0v) is 21.5. The Labute approximate surface area is 208 Å². The fourth-order valence-electron chi connectivity index (χ4n) is 4.78. The molecule has 0 saturated heterocycles. The second-order valence-corrected chi connectivity index (χ2v) is 12.9. The topological polar surface area (TPSA) is 71.1 Å². The highest BCUT2D eigenvalue weighted by Gasteiger charge is 2.27. The van der Waals surface area contributed by atoms with Gasteiger partial charge in [-0.3, -0.25) is 0 Å². The predicted octanol–water partition coefficient (Wildman–Crippen LogP) is 5.86. The number of nitrogens with one attached hydrogen (secondary N) is 2. The highest BCUT2D eigenvalue weighted by molar-refractivity contribution is 7.99. The summed E-state index contributed by atoms with van der Waals surface area (Å²) in [4.78, 5) is 7.35. The third-order valence-corrected chi connectivity index (χ3v) is 10.3. The van der Waals surface area contributed by atoms with Gasteiger partial charge in [0, 0.05) is 33.7 Å². The van der Waals surface area contributed by atoms with E-state index >= 15 is 0 Å². The summed E-state index contributed by atoms with van der Waals surface area (Å²) in [5, 5.41) is 4.61. The highest BCUT2D eigenvalue weighted by Crippen LogP contribution is 2.41. The van der Waals surface area contributed by atoms with Gasteiger partial charge in [0.2, 0.25) is 10.0 Å². The first kappa shape index (κ1) is 23.8. The number of thioether (sulfide) groups is 1. The van der Waals surface area contributed by atoms with E-state index < -0.39 is 15.8 Å². The Kier molecular flexibility index (Phi) is 6.97. The van der Waals surface area contributed by atoms with Crippen molar-refractivity contribution in [2.45, 2.75) is 54.9 Å². The summed E-state index contributed by atoms with van der Waals surface area (Å²) in [6.45, 7) is 1.95. The first-order valence-electron chi connectivity index (χ1n) is 11.6. The van der Waals surface area contributed by atoms with Crippen LogP contribution in [0.2, 0.25) is 0 Å². The van der Waals surface area contributed by atoms with Gasteiger partial charge in [0.15, 0.2) is 5.13 Å². The van der Waals surface area contributed by atoms with Crippen molar-refractivity contribution in [1.29, 1.82) is 0 Å². The number of fused-ring (bicyclic) bond motifs is 3. The number of rotatable bonds is 6. The second kappa shape index (κ2) is 9.97. The molecule has 2 aromatic carbocycles. The first-order valence-corrected chi connectivity index (χ1v) is 14.9. The number of hydrogen-bond acceptors (Lipinski definition) is 6. The van der Waals surface area contributed by atoms with Gasteiger partial charge in [0.1, 0.15) is 10.7 Å². The quantitative estimate of drug-likeness (QED) is 0.429. The first-order chi connectivity index (χ1) is 16.4. The Morgan fingerprint density at radius 3 is 2.68 bits per heavy atom. The van der Waals surface area contributed by atoms with E-state index in [0.29, 0.717) is 18.2 Å². The number of hydrogen-bond donors (Lipinski definition) is 2. The van der Waals surface area contributed by atoms with Gasteiger partial charge < -0.3 is 5.32 Å². The summed E-state index contributed by atoms with van der Waals surface area (Å²) in [6, 6.07) is 13.1. The van der Waals surface area contributed by atoms with E-state index in [0.717, 1.165) is 48.7 Å². The minimum Gasteiger partial charge on any atom is -0.359 e. The van der Waals surface area contributed by atoms with Crippen LogP contribution in [0, 0.1) is 18.7 Å². The van der Waals surface area contributed by atoms with Crippen LogP contribution >= 0.6 is 23.1 Å². The van der Waals surface area contributed by atoms with Crippen LogP contribution in [0.25, 0.3) is 11.3 Å². The Bertz CT molecular complexity index is 1260. The van der Waals surface area contributed by atoms with Crippen molar-refractivity contribution in [3.05, 3.63) is 58.7 Å². The molecular weight excluding hydrogens is 489 g/mol. The summed E-state index contributed by atoms with van der Waals surface area (Å²) in [6.07, 6.45) is 4.79. The monoisotopic (exact) mass is 517 g/mol. The van der Waals surface area contributed by atoms with Crippen molar-refractivity contribution in [3.8, 4) is 11.3 Å². The molecule has 1 aliphatic heterocycles. The number of aryl methyl sites for hydroxylation is 2. The van der Waals surface area contributed by atoms with Gasteiger partial charge in [-0.15, -0.1) is 23.1 Å². The van der Waals surface area contributed by atoms with Crippen LogP contribution in [-0.2, 0) is 16.4 Å². The van der Waals surface area contributed by atoms with Gasteiger partial charge in [0.05, 0.1) is 5.69 Å². The van der Waals surface area contributed by atoms with Gasteiger partial charge in [-0.25, -0.2) is 22.5 Å². The number of aromatic nitrogens is 1. The molecule has 1 aromatic heterocycles. The molecule has 34 heavy (non-hydrogen) atoms. The molecule has 0 unspecified atom stereocenters. The van der Waals surface area contributed by atoms with Crippen molar-refractivity contribution in [1.82, 2.24) is 9.71 Å². The van der Waals surface area contributed by atoms with E-state index in [1.807, 2.05) is 11.8 Å². The highest BCUT2D eigenvalue weighted by atomic mass is 32.2. The molecule has 1 fully saturated rings. The summed E-state index contributed by atoms with van der Waals surface area (Å²) in [7, 11) is -3.86. The van der Waals surface area contributed by atoms with E-state index in [4.69, 9.17) is 4.98 Å². The predicted molar refractivity (Wildman–Crippen MR) is 138 cm³/mol. The zero-order valence-electron chi connectivity index (χ0n) is 19.0. The normalized spacial score (nSPS) is 20.3. The maximum Gasteiger partial charge on any atom is 0.243 e. The largest absolute Gasteiger partial charge is 0.359 e. The summed E-state index contributed by atoms with van der Waals surface area (Å²) in [5.41, 5.74) is 2.76. The van der Waals surface area contributed by atoms with Gasteiger partial charge in [-0.05, 0) is 62.6 Å². The molecule has 0 spiro atoms. The molecule has 0 radical (unpaired) electrons. The van der Waals surface area contributed by atoms with Gasteiger partial charge in [0.25, 0.3) is 0 Å². The molecule has 1 saturated carbocycles. The number of halogens is 1. The van der Waals surface area contributed by atoms with E-state index in [1.54, 1.807) is 24.3 Å². The Morgan fingerprint density at radius 2 is 1.88 bits per heavy atom. The van der Waals surface area contributed by atoms with E-state index in [9.17, 15) is 12.8 Å². The number of nitrogens with zero attached hydrogens (tertiary/aromatic N) is 1. The summed E-state index contributed by atoms with van der Waals surface area (Å²) >= 11 is 3.65. The van der Waals surface area contributed by atoms with Gasteiger partial charge in [-0.1, -0.05) is 30.3 Å². The van der Waals surface area contributed by atoms with Gasteiger partial charge >= 0.3 is 0 Å². The molecule has 3 aromatic rings. The number of benzene rings is 2. The molecule has 0 atom stereocenters. The fraction of sp³-hybridized carbons (Fsp3) is 0.400. The van der Waals surface area contributed by atoms with Crippen LogP contribution in [0.3, 0.4) is 0 Å². The lowest BCUT2D eigenvalue weighted by Gasteiger charge is -2.29. The van der Waals surface area contributed by atoms with Crippen molar-refractivity contribution >= 4 is 38.3 Å². The molecule has 5 rings (SSSR count). The maximum atomic E-state index is 14.1. The van der Waals surface area contributed by atoms with Crippen molar-refractivity contribution in [3.63, 3.8) is 0 Å². The fourth-order valence-corrected chi connectivity index (χ4v) is 8.40. The lowest BCUT2D eigenvalue weighted by molar-refractivity contribution is 0.337. The SMILES string of the molecule is Cc1cccc(F)c1S(=O)(=O)NC[C@H]1CC[C@H](Nc2nc3c(s2)CCSc2ccccc2-3)CC1. The third kappa shape index (κ3) is 5.03. The van der Waals surface area contributed by atoms with E-state index in [1.165, 1.54) is 27.5 Å². The number of anilines is 1. The standard InChI is InChI=1S/C25H28FN3O2S3/c1-16-5-4-7-20(26)24(16)34(30,31)27-15-17-9-11-18(12-10-17)28-25-29-23-19-6-2-3-8-21(19)32-14-13-22(23)33-25/h2-8,17-18,27H,9-15H2,1H3,(H,28,29)/t17-,18-. The molecular formula is C25H28FN3O2S3. The smallest absolute Gasteiger partial charge is 0.243 e. The van der Waals surface area contributed by atoms with Crippen LogP contribution in [0.4, 0.5) is 9.52 Å². The lowest BCUT2D eigenvalue weighted by Crippen LogP contribution is -2.34. The maximum absolute atomic E-state index is 14.1. The van der Waals surface area contributed by atoms with E-state index in [2.05, 4.69) is 34.3 Å². The molecule has 9 heteroatoms. The second-order valence-electron chi connectivity index (χ2n) is 8.99. The molecule has 2 N–H and O–H groups in total. The van der Waals surface area contributed by atoms with Crippen molar-refractivity contribution < 1.29 is 12.8 Å². The van der Waals surface area contributed by atoms with Crippen LogP contribution in [0.5, 0.6) is 0 Å². The molecule has 2 heterocycles. The Balaban J connectivity index is 1.17. The molecule has 180 valence electrons. The third-order valence-electron chi connectivity index (χ3n) is 6.60. The summed E-state index contributed by atoms with van der Waals surface area (Å²) < 4.78 is 42.1. The van der Waals surface area contributed by atoms with Crippen LogP contribution in [-0.4, -0.2) is 31.7 Å². The average Bonchev–Trinajstić information content (AvgIpc) is 3.13. The minimum atomic E-state index is -3.86. The Morgan fingerprint density at radius 1 is 1.09 bits per heavy atom. The van der Waals surface area contributed by atoms with Gasteiger partial charge in [-0.2, -0.15) is 0 Å². The van der Waals surface area contributed by atoms with Crippen LogP contribution < -0.4 is 10.0 Å². The Hall–Kier alpha value is -1.94. The van der Waals surface area contributed by atoms with E-state index in [-0.39, 0.29) is 10.8 Å². The molecule has 2 aliphatic rings. The van der Waals surface area contributed by atoms with Crippen molar-refractivity contribution in [2.24, 2.45) is 5.92 Å². The molecule has 5 nitrogen and oxygen atoms in total. The minimum absolute atomic E-state index is 0.242. The summed E-state index contributed by atoms with van der Waals surface area (Å²) in [5.74, 6) is 0.610. The number of thiazole rings is 1. The van der Waals surface area contributed by atoms with Crippen LogP contribution in [0.1, 0.15) is 36.1 Å². The average molecular weight is 518 g/mol. The molecule has 0 bridgehead atoms. The van der Waals surface area contributed by atoms with Crippen LogP contribution in [0.15, 0.2) is 52.3 Å². The molecule has 1 aliphatic carbocycles. The van der Waals surface area contributed by atoms with Crippen molar-refractivity contribution in [2.75, 3.05) is 17.6 Å². The lowest BCUT2D eigenvalue weighted by atomic mass is 9.86. The zero-order chi connectivity index (χ0) is 23.7. The number of sulfonamides is 1.